The van der Waals surface area contributed by atoms with Gasteiger partial charge in [-0.1, -0.05) is 6.92 Å². The SMILES string of the molecule is CC1CN(c2nc3c(nc2C(N)=O)CCCC3)CCC1(F)F. The molecule has 1 atom stereocenters. The van der Waals surface area contributed by atoms with Gasteiger partial charge in [0.2, 0.25) is 0 Å². The number of nitrogens with two attached hydrogens (primary N) is 1. The van der Waals surface area contributed by atoms with E-state index in [1.165, 1.54) is 6.92 Å². The summed E-state index contributed by atoms with van der Waals surface area (Å²) in [6.45, 7) is 1.83. The molecule has 1 unspecified atom stereocenters. The van der Waals surface area contributed by atoms with E-state index in [1.54, 1.807) is 4.90 Å². The Morgan fingerprint density at radius 1 is 1.27 bits per heavy atom. The highest BCUT2D eigenvalue weighted by Gasteiger charge is 2.42. The smallest absolute Gasteiger partial charge is 0.271 e. The number of piperidine rings is 1. The number of fused-ring (bicyclic) bond motifs is 1. The van der Waals surface area contributed by atoms with Crippen LogP contribution in [0.5, 0.6) is 0 Å². The summed E-state index contributed by atoms with van der Waals surface area (Å²) in [5.74, 6) is -3.75. The zero-order chi connectivity index (χ0) is 15.9. The van der Waals surface area contributed by atoms with E-state index in [2.05, 4.69) is 9.97 Å². The molecule has 7 heteroatoms. The van der Waals surface area contributed by atoms with Crippen LogP contribution in [0.1, 0.15) is 48.1 Å². The summed E-state index contributed by atoms with van der Waals surface area (Å²) < 4.78 is 27.3. The van der Waals surface area contributed by atoms with E-state index >= 15 is 0 Å². The maximum Gasteiger partial charge on any atom is 0.271 e. The number of hydrogen-bond acceptors (Lipinski definition) is 4. The number of hydrogen-bond donors (Lipinski definition) is 1. The second-order valence-corrected chi connectivity index (χ2v) is 6.22. The summed E-state index contributed by atoms with van der Waals surface area (Å²) >= 11 is 0. The lowest BCUT2D eigenvalue weighted by Gasteiger charge is -2.38. The van der Waals surface area contributed by atoms with Crippen LogP contribution in [0.3, 0.4) is 0 Å². The predicted octanol–water partition coefficient (Wildman–Crippen LogP) is 1.94. The average molecular weight is 310 g/mol. The van der Waals surface area contributed by atoms with Gasteiger partial charge in [-0.2, -0.15) is 0 Å². The second-order valence-electron chi connectivity index (χ2n) is 6.22. The van der Waals surface area contributed by atoms with Gasteiger partial charge >= 0.3 is 0 Å². The fourth-order valence-corrected chi connectivity index (χ4v) is 3.14. The summed E-state index contributed by atoms with van der Waals surface area (Å²) in [4.78, 5) is 22.4. The Hall–Kier alpha value is -1.79. The van der Waals surface area contributed by atoms with Crippen LogP contribution < -0.4 is 10.6 Å². The molecule has 1 aromatic rings. The maximum atomic E-state index is 13.7. The number of alkyl halides is 2. The van der Waals surface area contributed by atoms with E-state index in [-0.39, 0.29) is 25.2 Å². The van der Waals surface area contributed by atoms with Crippen molar-refractivity contribution in [3.05, 3.63) is 17.1 Å². The van der Waals surface area contributed by atoms with Gasteiger partial charge in [-0.05, 0) is 25.7 Å². The van der Waals surface area contributed by atoms with Crippen molar-refractivity contribution in [2.75, 3.05) is 18.0 Å². The summed E-state index contributed by atoms with van der Waals surface area (Å²) in [6.07, 6.45) is 3.41. The predicted molar refractivity (Wildman–Crippen MR) is 78.1 cm³/mol. The molecule has 1 aliphatic heterocycles. The quantitative estimate of drug-likeness (QED) is 0.906. The first-order valence-corrected chi connectivity index (χ1v) is 7.71. The number of rotatable bonds is 2. The normalized spacial score (nSPS) is 24.0. The summed E-state index contributed by atoms with van der Waals surface area (Å²) in [6, 6.07) is 0. The van der Waals surface area contributed by atoms with Crippen LogP contribution in [-0.4, -0.2) is 34.9 Å². The molecule has 1 saturated heterocycles. The summed E-state index contributed by atoms with van der Waals surface area (Å²) in [5.41, 5.74) is 7.23. The molecule has 5 nitrogen and oxygen atoms in total. The van der Waals surface area contributed by atoms with Crippen molar-refractivity contribution in [1.29, 1.82) is 0 Å². The van der Waals surface area contributed by atoms with E-state index in [0.29, 0.717) is 5.82 Å². The molecular weight excluding hydrogens is 290 g/mol. The van der Waals surface area contributed by atoms with Crippen molar-refractivity contribution < 1.29 is 13.6 Å². The number of carbonyl (C=O) groups is 1. The molecule has 2 N–H and O–H groups in total. The number of anilines is 1. The minimum atomic E-state index is -2.68. The highest BCUT2D eigenvalue weighted by molar-refractivity contribution is 5.95. The maximum absolute atomic E-state index is 13.7. The van der Waals surface area contributed by atoms with Gasteiger partial charge in [0.15, 0.2) is 11.5 Å². The fraction of sp³-hybridized carbons (Fsp3) is 0.667. The van der Waals surface area contributed by atoms with Crippen LogP contribution >= 0.6 is 0 Å². The van der Waals surface area contributed by atoms with Gasteiger partial charge in [-0.15, -0.1) is 0 Å². The van der Waals surface area contributed by atoms with E-state index in [1.807, 2.05) is 0 Å². The molecule has 0 radical (unpaired) electrons. The number of amides is 1. The van der Waals surface area contributed by atoms with E-state index in [9.17, 15) is 13.6 Å². The van der Waals surface area contributed by atoms with Gasteiger partial charge in [0.05, 0.1) is 11.4 Å². The van der Waals surface area contributed by atoms with Crippen molar-refractivity contribution in [3.63, 3.8) is 0 Å². The molecule has 0 aromatic carbocycles. The molecule has 0 bridgehead atoms. The molecule has 0 spiro atoms. The first kappa shape index (κ1) is 15.1. The minimum Gasteiger partial charge on any atom is -0.364 e. The molecule has 120 valence electrons. The summed E-state index contributed by atoms with van der Waals surface area (Å²) in [5, 5.41) is 0. The van der Waals surface area contributed by atoms with Gasteiger partial charge in [0.1, 0.15) is 0 Å². The first-order valence-electron chi connectivity index (χ1n) is 7.71. The van der Waals surface area contributed by atoms with Crippen LogP contribution in [0.2, 0.25) is 0 Å². The zero-order valence-corrected chi connectivity index (χ0v) is 12.6. The Balaban J connectivity index is 1.97. The molecular formula is C15H20F2N4O. The lowest BCUT2D eigenvalue weighted by Crippen LogP contribution is -2.47. The number of nitrogens with zero attached hydrogens (tertiary/aromatic N) is 3. The molecule has 1 aliphatic carbocycles. The molecule has 0 saturated carbocycles. The third-order valence-corrected chi connectivity index (χ3v) is 4.57. The van der Waals surface area contributed by atoms with Crippen LogP contribution in [-0.2, 0) is 12.8 Å². The van der Waals surface area contributed by atoms with Gasteiger partial charge < -0.3 is 10.6 Å². The average Bonchev–Trinajstić information content (AvgIpc) is 2.48. The second kappa shape index (κ2) is 5.44. The van der Waals surface area contributed by atoms with Crippen molar-refractivity contribution >= 4 is 11.7 Å². The molecule has 2 aliphatic rings. The van der Waals surface area contributed by atoms with Gasteiger partial charge in [-0.3, -0.25) is 4.79 Å². The number of aromatic nitrogens is 2. The van der Waals surface area contributed by atoms with E-state index < -0.39 is 17.7 Å². The Morgan fingerprint density at radius 3 is 2.50 bits per heavy atom. The van der Waals surface area contributed by atoms with Gasteiger partial charge in [-0.25, -0.2) is 18.7 Å². The number of halogens is 2. The van der Waals surface area contributed by atoms with Crippen LogP contribution in [0.25, 0.3) is 0 Å². The van der Waals surface area contributed by atoms with Crippen LogP contribution in [0.4, 0.5) is 14.6 Å². The molecule has 1 amide bonds. The standard InChI is InChI=1S/C15H20F2N4O/c1-9-8-21(7-6-15(9,16)17)14-12(13(18)22)19-10-4-2-3-5-11(10)20-14/h9H,2-8H2,1H3,(H2,18,22). The van der Waals surface area contributed by atoms with Gasteiger partial charge in [0.25, 0.3) is 11.8 Å². The van der Waals surface area contributed by atoms with E-state index in [0.717, 1.165) is 37.1 Å². The molecule has 22 heavy (non-hydrogen) atoms. The highest BCUT2D eigenvalue weighted by Crippen LogP contribution is 2.35. The van der Waals surface area contributed by atoms with Crippen molar-refractivity contribution in [1.82, 2.24) is 9.97 Å². The molecule has 3 rings (SSSR count). The van der Waals surface area contributed by atoms with Crippen molar-refractivity contribution in [2.24, 2.45) is 11.7 Å². The number of primary amides is 1. The third kappa shape index (κ3) is 2.64. The van der Waals surface area contributed by atoms with E-state index in [4.69, 9.17) is 5.73 Å². The Labute approximate surface area is 127 Å². The zero-order valence-electron chi connectivity index (χ0n) is 12.6. The van der Waals surface area contributed by atoms with Crippen molar-refractivity contribution in [3.8, 4) is 0 Å². The molecule has 1 fully saturated rings. The summed E-state index contributed by atoms with van der Waals surface area (Å²) in [7, 11) is 0. The Bertz CT molecular complexity index is 605. The topological polar surface area (TPSA) is 72.1 Å². The minimum absolute atomic E-state index is 0.109. The monoisotopic (exact) mass is 310 g/mol. The first-order chi connectivity index (χ1) is 10.4. The van der Waals surface area contributed by atoms with Gasteiger partial charge in [0, 0.05) is 25.4 Å². The highest BCUT2D eigenvalue weighted by atomic mass is 19.3. The third-order valence-electron chi connectivity index (χ3n) is 4.57. The Kier molecular flexibility index (Phi) is 3.74. The lowest BCUT2D eigenvalue weighted by atomic mass is 9.95. The molecule has 1 aromatic heterocycles. The van der Waals surface area contributed by atoms with Crippen LogP contribution in [0.15, 0.2) is 0 Å². The fourth-order valence-electron chi connectivity index (χ4n) is 3.14. The van der Waals surface area contributed by atoms with Crippen molar-refractivity contribution in [2.45, 2.75) is 45.0 Å². The Morgan fingerprint density at radius 2 is 1.91 bits per heavy atom. The lowest BCUT2D eigenvalue weighted by molar-refractivity contribution is -0.0652. The number of carbonyl (C=O) groups excluding carboxylic acids is 1. The molecule has 2 heterocycles. The number of aryl methyl sites for hydroxylation is 2. The largest absolute Gasteiger partial charge is 0.364 e. The van der Waals surface area contributed by atoms with Crippen LogP contribution in [0, 0.1) is 5.92 Å².